The Kier molecular flexibility index (Phi) is 2.96. The van der Waals surface area contributed by atoms with Crippen molar-refractivity contribution in [1.82, 2.24) is 0 Å². The molecule has 0 spiro atoms. The van der Waals surface area contributed by atoms with Crippen molar-refractivity contribution in [3.8, 4) is 17.2 Å². The van der Waals surface area contributed by atoms with E-state index in [-0.39, 0.29) is 17.2 Å². The molecule has 2 aromatic rings. The Morgan fingerprint density at radius 1 is 0.941 bits per heavy atom. The summed E-state index contributed by atoms with van der Waals surface area (Å²) < 4.78 is 5.00. The van der Waals surface area contributed by atoms with Crippen LogP contribution in [-0.4, -0.2) is 16.2 Å². The van der Waals surface area contributed by atoms with E-state index in [2.05, 4.69) is 0 Å². The zero-order valence-electron chi connectivity index (χ0n) is 8.83. The van der Waals surface area contributed by atoms with Gasteiger partial charge in [0.2, 0.25) is 0 Å². The highest BCUT2D eigenvalue weighted by atomic mass is 16.5. The van der Waals surface area contributed by atoms with Gasteiger partial charge in [-0.2, -0.15) is 0 Å². The van der Waals surface area contributed by atoms with Gasteiger partial charge in [-0.05, 0) is 12.1 Å². The molecular formula is C13H10O4. The Labute approximate surface area is 97.7 Å². The third kappa shape index (κ3) is 2.75. The Morgan fingerprint density at radius 3 is 2.12 bits per heavy atom. The first-order chi connectivity index (χ1) is 8.15. The van der Waals surface area contributed by atoms with E-state index in [1.807, 2.05) is 0 Å². The summed E-state index contributed by atoms with van der Waals surface area (Å²) in [5.41, 5.74) is 0.398. The zero-order chi connectivity index (χ0) is 12.3. The topological polar surface area (TPSA) is 66.8 Å². The van der Waals surface area contributed by atoms with Crippen LogP contribution in [0, 0.1) is 0 Å². The molecule has 0 aromatic heterocycles. The first-order valence-electron chi connectivity index (χ1n) is 4.95. The van der Waals surface area contributed by atoms with Gasteiger partial charge in [0.25, 0.3) is 0 Å². The number of carbonyl (C=O) groups excluding carboxylic acids is 1. The van der Waals surface area contributed by atoms with Gasteiger partial charge in [0.05, 0.1) is 5.56 Å². The van der Waals surface area contributed by atoms with Crippen LogP contribution >= 0.6 is 0 Å². The predicted octanol–water partition coefficient (Wildman–Crippen LogP) is 2.32. The molecule has 4 nitrogen and oxygen atoms in total. The second-order valence-corrected chi connectivity index (χ2v) is 3.44. The molecule has 0 aliphatic carbocycles. The lowest BCUT2D eigenvalue weighted by Gasteiger charge is -2.05. The Bertz CT molecular complexity index is 514. The summed E-state index contributed by atoms with van der Waals surface area (Å²) in [4.78, 5) is 11.7. The van der Waals surface area contributed by atoms with Gasteiger partial charge < -0.3 is 14.9 Å². The van der Waals surface area contributed by atoms with E-state index < -0.39 is 5.97 Å². The van der Waals surface area contributed by atoms with E-state index >= 15 is 0 Å². The van der Waals surface area contributed by atoms with Crippen LogP contribution in [0.4, 0.5) is 0 Å². The van der Waals surface area contributed by atoms with Crippen molar-refractivity contribution in [3.05, 3.63) is 54.1 Å². The second-order valence-electron chi connectivity index (χ2n) is 3.44. The van der Waals surface area contributed by atoms with Crippen molar-refractivity contribution >= 4 is 5.97 Å². The highest BCUT2D eigenvalue weighted by molar-refractivity contribution is 5.91. The van der Waals surface area contributed by atoms with Crippen LogP contribution < -0.4 is 4.74 Å². The summed E-state index contributed by atoms with van der Waals surface area (Å²) in [6, 6.07) is 12.1. The third-order valence-corrected chi connectivity index (χ3v) is 2.10. The van der Waals surface area contributed by atoms with Gasteiger partial charge in [-0.15, -0.1) is 0 Å². The van der Waals surface area contributed by atoms with Crippen molar-refractivity contribution in [1.29, 1.82) is 0 Å². The predicted molar refractivity (Wildman–Crippen MR) is 61.2 cm³/mol. The van der Waals surface area contributed by atoms with Crippen molar-refractivity contribution in [2.24, 2.45) is 0 Å². The van der Waals surface area contributed by atoms with Crippen molar-refractivity contribution in [2.45, 2.75) is 0 Å². The minimum absolute atomic E-state index is 0.0938. The van der Waals surface area contributed by atoms with Crippen LogP contribution in [0.1, 0.15) is 10.4 Å². The van der Waals surface area contributed by atoms with E-state index in [9.17, 15) is 15.0 Å². The van der Waals surface area contributed by atoms with Crippen LogP contribution in [0.25, 0.3) is 0 Å². The standard InChI is InChI=1S/C13H10O4/c14-10-6-11(15)8-12(7-10)17-13(16)9-4-2-1-3-5-9/h1-8,14-15H. The number of benzene rings is 2. The van der Waals surface area contributed by atoms with Gasteiger partial charge in [-0.25, -0.2) is 4.79 Å². The fraction of sp³-hybridized carbons (Fsp3) is 0. The maximum Gasteiger partial charge on any atom is 0.343 e. The molecule has 0 atom stereocenters. The lowest BCUT2D eigenvalue weighted by molar-refractivity contribution is 0.0734. The van der Waals surface area contributed by atoms with Crippen LogP contribution in [0.5, 0.6) is 17.2 Å². The number of carbonyl (C=O) groups is 1. The molecule has 0 unspecified atom stereocenters. The molecule has 0 saturated heterocycles. The van der Waals surface area contributed by atoms with Gasteiger partial charge in [0, 0.05) is 18.2 Å². The van der Waals surface area contributed by atoms with Crippen molar-refractivity contribution < 1.29 is 19.7 Å². The fourth-order valence-corrected chi connectivity index (χ4v) is 1.37. The Balaban J connectivity index is 2.19. The molecule has 0 fully saturated rings. The minimum atomic E-state index is -0.546. The SMILES string of the molecule is O=C(Oc1cc(O)cc(O)c1)c1ccccc1. The summed E-state index contributed by atoms with van der Waals surface area (Å²) in [6.07, 6.45) is 0. The van der Waals surface area contributed by atoms with Gasteiger partial charge in [0.15, 0.2) is 0 Å². The molecule has 0 heterocycles. The summed E-state index contributed by atoms with van der Waals surface area (Å²) in [6.45, 7) is 0. The fourth-order valence-electron chi connectivity index (χ4n) is 1.37. The molecule has 0 saturated carbocycles. The molecule has 0 bridgehead atoms. The number of aromatic hydroxyl groups is 2. The van der Waals surface area contributed by atoms with Crippen LogP contribution in [0.15, 0.2) is 48.5 Å². The average molecular weight is 230 g/mol. The minimum Gasteiger partial charge on any atom is -0.508 e. The number of hydrogen-bond acceptors (Lipinski definition) is 4. The summed E-state index contributed by atoms with van der Waals surface area (Å²) in [7, 11) is 0. The first kappa shape index (κ1) is 11.0. The van der Waals surface area contributed by atoms with Crippen LogP contribution in [-0.2, 0) is 0 Å². The summed E-state index contributed by atoms with van der Waals surface area (Å²) in [5, 5.41) is 18.5. The maximum atomic E-state index is 11.7. The molecule has 86 valence electrons. The van der Waals surface area contributed by atoms with E-state index in [0.29, 0.717) is 5.56 Å². The van der Waals surface area contributed by atoms with Gasteiger partial charge in [-0.1, -0.05) is 18.2 Å². The molecule has 2 rings (SSSR count). The Morgan fingerprint density at radius 2 is 1.53 bits per heavy atom. The quantitative estimate of drug-likeness (QED) is 0.613. The number of phenolic OH excluding ortho intramolecular Hbond substituents is 2. The number of esters is 1. The number of phenols is 2. The summed E-state index contributed by atoms with van der Waals surface area (Å²) in [5.74, 6) is -0.784. The Hall–Kier alpha value is -2.49. The third-order valence-electron chi connectivity index (χ3n) is 2.10. The number of ether oxygens (including phenoxy) is 1. The van der Waals surface area contributed by atoms with Crippen LogP contribution in [0.2, 0.25) is 0 Å². The largest absolute Gasteiger partial charge is 0.508 e. The van der Waals surface area contributed by atoms with Crippen molar-refractivity contribution in [2.75, 3.05) is 0 Å². The van der Waals surface area contributed by atoms with E-state index in [4.69, 9.17) is 4.74 Å². The van der Waals surface area contributed by atoms with E-state index in [1.165, 1.54) is 12.1 Å². The maximum absolute atomic E-state index is 11.7. The molecule has 2 N–H and O–H groups in total. The number of hydrogen-bond donors (Lipinski definition) is 2. The molecular weight excluding hydrogens is 220 g/mol. The molecule has 0 amide bonds. The van der Waals surface area contributed by atoms with E-state index in [0.717, 1.165) is 6.07 Å². The number of rotatable bonds is 2. The van der Waals surface area contributed by atoms with Crippen molar-refractivity contribution in [3.63, 3.8) is 0 Å². The van der Waals surface area contributed by atoms with Gasteiger partial charge in [-0.3, -0.25) is 0 Å². The van der Waals surface area contributed by atoms with Gasteiger partial charge in [0.1, 0.15) is 17.2 Å². The molecule has 0 radical (unpaired) electrons. The zero-order valence-corrected chi connectivity index (χ0v) is 8.83. The monoisotopic (exact) mass is 230 g/mol. The molecule has 2 aromatic carbocycles. The molecule has 4 heteroatoms. The smallest absolute Gasteiger partial charge is 0.343 e. The lowest BCUT2D eigenvalue weighted by atomic mass is 10.2. The molecule has 0 aliphatic rings. The average Bonchev–Trinajstić information content (AvgIpc) is 2.28. The summed E-state index contributed by atoms with van der Waals surface area (Å²) >= 11 is 0. The lowest BCUT2D eigenvalue weighted by Crippen LogP contribution is -2.07. The van der Waals surface area contributed by atoms with Gasteiger partial charge >= 0.3 is 5.97 Å². The highest BCUT2D eigenvalue weighted by Gasteiger charge is 2.09. The van der Waals surface area contributed by atoms with E-state index in [1.54, 1.807) is 30.3 Å². The van der Waals surface area contributed by atoms with Crippen LogP contribution in [0.3, 0.4) is 0 Å². The molecule has 17 heavy (non-hydrogen) atoms. The first-order valence-corrected chi connectivity index (χ1v) is 4.95. The highest BCUT2D eigenvalue weighted by Crippen LogP contribution is 2.26. The molecule has 0 aliphatic heterocycles. The second kappa shape index (κ2) is 4.57. The normalized spacial score (nSPS) is 9.88.